The second kappa shape index (κ2) is 6.81. The second-order valence-electron chi connectivity index (χ2n) is 4.68. The van der Waals surface area contributed by atoms with E-state index in [1.54, 1.807) is 0 Å². The number of rotatable bonds is 6. The van der Waals surface area contributed by atoms with Gasteiger partial charge in [-0.3, -0.25) is 4.79 Å². The van der Waals surface area contributed by atoms with Crippen LogP contribution in [0.4, 0.5) is 0 Å². The Kier molecular flexibility index (Phi) is 5.08. The third-order valence-electron chi connectivity index (χ3n) is 3.25. The standard InChI is InChI=1S/C14H20N2OS/c15-9-13-8-14(17)16(10-13)6-7-18-11-12-4-2-1-3-5-12/h1-5,13H,6-11,15H2. The predicted octanol–water partition coefficient (Wildman–Crippen LogP) is 1.73. The van der Waals surface area contributed by atoms with Crippen LogP contribution < -0.4 is 5.73 Å². The van der Waals surface area contributed by atoms with Crippen LogP contribution >= 0.6 is 11.8 Å². The molecule has 1 aliphatic heterocycles. The Labute approximate surface area is 113 Å². The molecular formula is C14H20N2OS. The van der Waals surface area contributed by atoms with Crippen LogP contribution in [0.2, 0.25) is 0 Å². The van der Waals surface area contributed by atoms with Crippen LogP contribution in [0.1, 0.15) is 12.0 Å². The number of thioether (sulfide) groups is 1. The second-order valence-corrected chi connectivity index (χ2v) is 5.79. The molecule has 1 saturated heterocycles. The van der Waals surface area contributed by atoms with Crippen molar-refractivity contribution >= 4 is 17.7 Å². The molecule has 0 aromatic heterocycles. The lowest BCUT2D eigenvalue weighted by atomic mass is 10.1. The fraction of sp³-hybridized carbons (Fsp3) is 0.500. The molecule has 18 heavy (non-hydrogen) atoms. The number of nitrogens with two attached hydrogens (primary N) is 1. The zero-order valence-electron chi connectivity index (χ0n) is 10.5. The van der Waals surface area contributed by atoms with Gasteiger partial charge in [-0.1, -0.05) is 30.3 Å². The minimum absolute atomic E-state index is 0.269. The minimum atomic E-state index is 0.269. The first-order valence-electron chi connectivity index (χ1n) is 6.39. The topological polar surface area (TPSA) is 46.3 Å². The van der Waals surface area contributed by atoms with Crippen molar-refractivity contribution in [2.24, 2.45) is 11.7 Å². The van der Waals surface area contributed by atoms with Crippen LogP contribution in [0.15, 0.2) is 30.3 Å². The van der Waals surface area contributed by atoms with Gasteiger partial charge in [0.05, 0.1) is 0 Å². The Morgan fingerprint density at radius 2 is 2.11 bits per heavy atom. The SMILES string of the molecule is NCC1CC(=O)N(CCSCc2ccccc2)C1. The number of hydrogen-bond donors (Lipinski definition) is 1. The Morgan fingerprint density at radius 1 is 1.33 bits per heavy atom. The summed E-state index contributed by atoms with van der Waals surface area (Å²) in [5.41, 5.74) is 6.95. The fourth-order valence-electron chi connectivity index (χ4n) is 2.17. The van der Waals surface area contributed by atoms with E-state index in [9.17, 15) is 4.79 Å². The number of carbonyl (C=O) groups excluding carboxylic acids is 1. The molecule has 1 aromatic carbocycles. The summed E-state index contributed by atoms with van der Waals surface area (Å²) in [6.07, 6.45) is 0.639. The number of nitrogens with zero attached hydrogens (tertiary/aromatic N) is 1. The molecule has 1 atom stereocenters. The average Bonchev–Trinajstić information content (AvgIpc) is 2.77. The summed E-state index contributed by atoms with van der Waals surface area (Å²) in [4.78, 5) is 13.6. The van der Waals surface area contributed by atoms with Crippen molar-refractivity contribution in [1.29, 1.82) is 0 Å². The van der Waals surface area contributed by atoms with Crippen molar-refractivity contribution < 1.29 is 4.79 Å². The van der Waals surface area contributed by atoms with Crippen LogP contribution in [0.5, 0.6) is 0 Å². The molecule has 0 radical (unpaired) electrons. The maximum absolute atomic E-state index is 11.7. The number of benzene rings is 1. The first-order chi connectivity index (χ1) is 8.79. The van der Waals surface area contributed by atoms with Gasteiger partial charge in [0.2, 0.25) is 5.91 Å². The van der Waals surface area contributed by atoms with Crippen LogP contribution in [0.25, 0.3) is 0 Å². The van der Waals surface area contributed by atoms with E-state index in [1.165, 1.54) is 5.56 Å². The molecule has 0 spiro atoms. The maximum atomic E-state index is 11.7. The van der Waals surface area contributed by atoms with Crippen LogP contribution in [0, 0.1) is 5.92 Å². The van der Waals surface area contributed by atoms with Crippen LogP contribution in [0.3, 0.4) is 0 Å². The molecule has 3 nitrogen and oxygen atoms in total. The van der Waals surface area contributed by atoms with E-state index in [2.05, 4.69) is 24.3 Å². The molecule has 1 amide bonds. The number of carbonyl (C=O) groups is 1. The van der Waals surface area contributed by atoms with E-state index in [1.807, 2.05) is 22.7 Å². The minimum Gasteiger partial charge on any atom is -0.342 e. The van der Waals surface area contributed by atoms with Gasteiger partial charge in [0.1, 0.15) is 0 Å². The van der Waals surface area contributed by atoms with Gasteiger partial charge in [-0.25, -0.2) is 0 Å². The van der Waals surface area contributed by atoms with E-state index in [0.29, 0.717) is 18.9 Å². The predicted molar refractivity (Wildman–Crippen MR) is 76.3 cm³/mol. The first-order valence-corrected chi connectivity index (χ1v) is 7.54. The summed E-state index contributed by atoms with van der Waals surface area (Å²) in [5, 5.41) is 0. The fourth-order valence-corrected chi connectivity index (χ4v) is 3.09. The molecule has 1 aromatic rings. The summed E-state index contributed by atoms with van der Waals surface area (Å²) in [7, 11) is 0. The monoisotopic (exact) mass is 264 g/mol. The van der Waals surface area contributed by atoms with E-state index < -0.39 is 0 Å². The average molecular weight is 264 g/mol. The van der Waals surface area contributed by atoms with Crippen molar-refractivity contribution in [2.45, 2.75) is 12.2 Å². The lowest BCUT2D eigenvalue weighted by Crippen LogP contribution is -2.28. The summed E-state index contributed by atoms with van der Waals surface area (Å²) >= 11 is 1.88. The highest BCUT2D eigenvalue weighted by Crippen LogP contribution is 2.18. The number of hydrogen-bond acceptors (Lipinski definition) is 3. The van der Waals surface area contributed by atoms with E-state index in [0.717, 1.165) is 24.6 Å². The van der Waals surface area contributed by atoms with E-state index in [4.69, 9.17) is 5.73 Å². The van der Waals surface area contributed by atoms with Crippen LogP contribution in [-0.2, 0) is 10.5 Å². The summed E-state index contributed by atoms with van der Waals surface area (Å²) in [6, 6.07) is 10.4. The van der Waals surface area contributed by atoms with Gasteiger partial charge in [-0.05, 0) is 18.0 Å². The molecule has 4 heteroatoms. The van der Waals surface area contributed by atoms with Gasteiger partial charge in [0.25, 0.3) is 0 Å². The Bertz CT molecular complexity index is 383. The number of amides is 1. The van der Waals surface area contributed by atoms with Crippen molar-refractivity contribution in [3.05, 3.63) is 35.9 Å². The molecule has 2 rings (SSSR count). The summed E-state index contributed by atoms with van der Waals surface area (Å²) < 4.78 is 0. The lowest BCUT2D eigenvalue weighted by molar-refractivity contribution is -0.127. The summed E-state index contributed by atoms with van der Waals surface area (Å²) in [5.74, 6) is 2.66. The molecular weight excluding hydrogens is 244 g/mol. The van der Waals surface area contributed by atoms with Crippen molar-refractivity contribution in [3.8, 4) is 0 Å². The molecule has 0 aliphatic carbocycles. The summed E-state index contributed by atoms with van der Waals surface area (Å²) in [6.45, 7) is 2.33. The molecule has 1 aliphatic rings. The first kappa shape index (κ1) is 13.4. The third kappa shape index (κ3) is 3.75. The molecule has 98 valence electrons. The molecule has 1 heterocycles. The zero-order chi connectivity index (χ0) is 12.8. The van der Waals surface area contributed by atoms with Gasteiger partial charge in [0, 0.05) is 31.0 Å². The van der Waals surface area contributed by atoms with Gasteiger partial charge >= 0.3 is 0 Å². The quantitative estimate of drug-likeness (QED) is 0.796. The number of likely N-dealkylation sites (tertiary alicyclic amines) is 1. The molecule has 0 bridgehead atoms. The highest BCUT2D eigenvalue weighted by atomic mass is 32.2. The lowest BCUT2D eigenvalue weighted by Gasteiger charge is -2.15. The highest BCUT2D eigenvalue weighted by Gasteiger charge is 2.27. The largest absolute Gasteiger partial charge is 0.342 e. The smallest absolute Gasteiger partial charge is 0.223 e. The Balaban J connectivity index is 1.65. The van der Waals surface area contributed by atoms with Crippen molar-refractivity contribution in [3.63, 3.8) is 0 Å². The van der Waals surface area contributed by atoms with Gasteiger partial charge < -0.3 is 10.6 Å². The van der Waals surface area contributed by atoms with Gasteiger partial charge in [-0.15, -0.1) is 0 Å². The van der Waals surface area contributed by atoms with E-state index in [-0.39, 0.29) is 5.91 Å². The Morgan fingerprint density at radius 3 is 2.78 bits per heavy atom. The molecule has 1 unspecified atom stereocenters. The van der Waals surface area contributed by atoms with Gasteiger partial charge in [0.15, 0.2) is 0 Å². The molecule has 2 N–H and O–H groups in total. The molecule has 0 saturated carbocycles. The third-order valence-corrected chi connectivity index (χ3v) is 4.25. The van der Waals surface area contributed by atoms with E-state index >= 15 is 0 Å². The van der Waals surface area contributed by atoms with Crippen molar-refractivity contribution in [1.82, 2.24) is 4.90 Å². The Hall–Kier alpha value is -1.00. The molecule has 1 fully saturated rings. The van der Waals surface area contributed by atoms with Crippen LogP contribution in [-0.4, -0.2) is 36.2 Å². The van der Waals surface area contributed by atoms with Crippen molar-refractivity contribution in [2.75, 3.05) is 25.4 Å². The van der Waals surface area contributed by atoms with Gasteiger partial charge in [-0.2, -0.15) is 11.8 Å². The maximum Gasteiger partial charge on any atom is 0.223 e. The normalized spacial score (nSPS) is 19.5. The highest BCUT2D eigenvalue weighted by molar-refractivity contribution is 7.98. The zero-order valence-corrected chi connectivity index (χ0v) is 11.4.